The van der Waals surface area contributed by atoms with Gasteiger partial charge in [-0.15, -0.1) is 23.1 Å². The van der Waals surface area contributed by atoms with Crippen molar-refractivity contribution in [3.05, 3.63) is 46.6 Å². The molecule has 0 spiro atoms. The third kappa shape index (κ3) is 3.59. The molecule has 2 aromatic heterocycles. The molecule has 1 aliphatic rings. The average molecular weight is 386 g/mol. The second kappa shape index (κ2) is 7.55. The Labute approximate surface area is 162 Å². The van der Waals surface area contributed by atoms with Crippen molar-refractivity contribution >= 4 is 39.1 Å². The van der Waals surface area contributed by atoms with Gasteiger partial charge in [0.15, 0.2) is 0 Å². The molecule has 4 nitrogen and oxygen atoms in total. The summed E-state index contributed by atoms with van der Waals surface area (Å²) in [5.74, 6) is 2.61. The fourth-order valence-electron chi connectivity index (χ4n) is 3.38. The number of β-amino-alcohol motifs (C(OH)–C–C–N with tert-alkyl or cyclic N) is 1. The van der Waals surface area contributed by atoms with Gasteiger partial charge >= 0.3 is 0 Å². The number of rotatable bonds is 4. The van der Waals surface area contributed by atoms with Crippen LogP contribution in [0, 0.1) is 13.8 Å². The Hall–Kier alpha value is -1.63. The van der Waals surface area contributed by atoms with Gasteiger partial charge in [0.05, 0.1) is 17.2 Å². The number of piperidine rings is 1. The highest BCUT2D eigenvalue weighted by Gasteiger charge is 2.24. The largest absolute Gasteiger partial charge is 0.391 e. The number of benzene rings is 1. The molecular formula is C20H23N3OS2. The summed E-state index contributed by atoms with van der Waals surface area (Å²) in [6.07, 6.45) is 1.61. The predicted molar refractivity (Wildman–Crippen MR) is 110 cm³/mol. The van der Waals surface area contributed by atoms with Gasteiger partial charge in [-0.2, -0.15) is 0 Å². The van der Waals surface area contributed by atoms with Crippen molar-refractivity contribution in [3.8, 4) is 0 Å². The standard InChI is InChI=1S/C20H23N3OS2/c1-13-14(2)26-20-18(13)19(23-10-6-7-15(24)11-23)21-17(22-20)12-25-16-8-4-3-5-9-16/h3-5,8-9,15,24H,6-7,10-12H2,1-2H3. The van der Waals surface area contributed by atoms with E-state index in [1.807, 2.05) is 6.07 Å². The summed E-state index contributed by atoms with van der Waals surface area (Å²) in [5, 5.41) is 11.3. The molecule has 3 heterocycles. The average Bonchev–Trinajstić information content (AvgIpc) is 2.94. The zero-order valence-electron chi connectivity index (χ0n) is 15.1. The molecule has 26 heavy (non-hydrogen) atoms. The maximum atomic E-state index is 10.1. The first-order chi connectivity index (χ1) is 12.6. The summed E-state index contributed by atoms with van der Waals surface area (Å²) in [4.78, 5) is 15.6. The summed E-state index contributed by atoms with van der Waals surface area (Å²) >= 11 is 3.50. The van der Waals surface area contributed by atoms with Crippen molar-refractivity contribution in [3.63, 3.8) is 0 Å². The van der Waals surface area contributed by atoms with Crippen molar-refractivity contribution < 1.29 is 5.11 Å². The van der Waals surface area contributed by atoms with Gasteiger partial charge in [0.1, 0.15) is 16.5 Å². The quantitative estimate of drug-likeness (QED) is 0.667. The van der Waals surface area contributed by atoms with E-state index >= 15 is 0 Å². The van der Waals surface area contributed by atoms with Gasteiger partial charge in [-0.3, -0.25) is 0 Å². The lowest BCUT2D eigenvalue weighted by molar-refractivity contribution is 0.154. The van der Waals surface area contributed by atoms with Gasteiger partial charge in [0, 0.05) is 22.9 Å². The fourth-order valence-corrected chi connectivity index (χ4v) is 5.19. The summed E-state index contributed by atoms with van der Waals surface area (Å²) in [6.45, 7) is 5.91. The van der Waals surface area contributed by atoms with Crippen molar-refractivity contribution in [2.45, 2.75) is 43.4 Å². The zero-order chi connectivity index (χ0) is 18.1. The fraction of sp³-hybridized carbons (Fsp3) is 0.400. The molecule has 1 aromatic carbocycles. The van der Waals surface area contributed by atoms with E-state index in [0.717, 1.165) is 47.0 Å². The molecule has 1 unspecified atom stereocenters. The lowest BCUT2D eigenvalue weighted by Gasteiger charge is -2.31. The second-order valence-electron chi connectivity index (χ2n) is 6.77. The van der Waals surface area contributed by atoms with Crippen LogP contribution in [0.2, 0.25) is 0 Å². The van der Waals surface area contributed by atoms with E-state index in [-0.39, 0.29) is 6.10 Å². The zero-order valence-corrected chi connectivity index (χ0v) is 16.7. The minimum Gasteiger partial charge on any atom is -0.391 e. The maximum Gasteiger partial charge on any atom is 0.142 e. The molecule has 0 saturated carbocycles. The lowest BCUT2D eigenvalue weighted by Crippen LogP contribution is -2.39. The minimum absolute atomic E-state index is 0.268. The number of aryl methyl sites for hydroxylation is 2. The molecule has 0 amide bonds. The van der Waals surface area contributed by atoms with E-state index in [1.54, 1.807) is 23.1 Å². The molecule has 6 heteroatoms. The molecule has 1 saturated heterocycles. The first-order valence-corrected chi connectivity index (χ1v) is 10.8. The van der Waals surface area contributed by atoms with Crippen LogP contribution < -0.4 is 4.90 Å². The monoisotopic (exact) mass is 385 g/mol. The predicted octanol–water partition coefficient (Wildman–Crippen LogP) is 4.56. The number of anilines is 1. The number of aliphatic hydroxyl groups excluding tert-OH is 1. The van der Waals surface area contributed by atoms with Gasteiger partial charge in [-0.05, 0) is 44.4 Å². The van der Waals surface area contributed by atoms with Crippen LogP contribution >= 0.6 is 23.1 Å². The van der Waals surface area contributed by atoms with Crippen molar-refractivity contribution in [2.75, 3.05) is 18.0 Å². The van der Waals surface area contributed by atoms with Gasteiger partial charge in [-0.1, -0.05) is 18.2 Å². The Morgan fingerprint density at radius 2 is 2.04 bits per heavy atom. The smallest absolute Gasteiger partial charge is 0.142 e. The Bertz CT molecular complexity index is 910. The highest BCUT2D eigenvalue weighted by Crippen LogP contribution is 2.36. The molecule has 4 rings (SSSR count). The Kier molecular flexibility index (Phi) is 5.16. The maximum absolute atomic E-state index is 10.1. The number of hydrogen-bond acceptors (Lipinski definition) is 6. The van der Waals surface area contributed by atoms with E-state index in [4.69, 9.17) is 9.97 Å². The van der Waals surface area contributed by atoms with E-state index in [0.29, 0.717) is 6.54 Å². The Balaban J connectivity index is 1.70. The highest BCUT2D eigenvalue weighted by molar-refractivity contribution is 7.98. The molecular weight excluding hydrogens is 362 g/mol. The van der Waals surface area contributed by atoms with Crippen LogP contribution in [0.3, 0.4) is 0 Å². The molecule has 0 bridgehead atoms. The van der Waals surface area contributed by atoms with Crippen molar-refractivity contribution in [2.24, 2.45) is 0 Å². The molecule has 136 valence electrons. The van der Waals surface area contributed by atoms with Gasteiger partial charge in [0.2, 0.25) is 0 Å². The number of hydrogen-bond donors (Lipinski definition) is 1. The first kappa shape index (κ1) is 17.8. The summed E-state index contributed by atoms with van der Waals surface area (Å²) in [7, 11) is 0. The molecule has 0 aliphatic carbocycles. The topological polar surface area (TPSA) is 49.2 Å². The highest BCUT2D eigenvalue weighted by atomic mass is 32.2. The SMILES string of the molecule is Cc1sc2nc(CSc3ccccc3)nc(N3CCCC(O)C3)c2c1C. The molecule has 0 radical (unpaired) electrons. The second-order valence-corrected chi connectivity index (χ2v) is 9.02. The van der Waals surface area contributed by atoms with Crippen LogP contribution in [0.5, 0.6) is 0 Å². The van der Waals surface area contributed by atoms with Crippen LogP contribution in [0.25, 0.3) is 10.2 Å². The number of thiophene rings is 1. The van der Waals surface area contributed by atoms with Gasteiger partial charge in [-0.25, -0.2) is 9.97 Å². The van der Waals surface area contributed by atoms with Gasteiger partial charge in [0.25, 0.3) is 0 Å². The normalized spacial score (nSPS) is 17.8. The third-order valence-corrected chi connectivity index (χ3v) is 6.97. The minimum atomic E-state index is -0.268. The number of thioether (sulfide) groups is 1. The first-order valence-electron chi connectivity index (χ1n) is 8.99. The van der Waals surface area contributed by atoms with Crippen LogP contribution in [0.15, 0.2) is 35.2 Å². The molecule has 1 N–H and O–H groups in total. The molecule has 1 atom stereocenters. The summed E-state index contributed by atoms with van der Waals surface area (Å²) in [6, 6.07) is 10.4. The number of aromatic nitrogens is 2. The number of aliphatic hydroxyl groups is 1. The number of fused-ring (bicyclic) bond motifs is 1. The number of nitrogens with zero attached hydrogens (tertiary/aromatic N) is 3. The summed E-state index contributed by atoms with van der Waals surface area (Å²) < 4.78 is 0. The van der Waals surface area contributed by atoms with Crippen LogP contribution in [0.1, 0.15) is 29.1 Å². The molecule has 1 fully saturated rings. The third-order valence-electron chi connectivity index (χ3n) is 4.86. The van der Waals surface area contributed by atoms with E-state index in [2.05, 4.69) is 43.0 Å². The van der Waals surface area contributed by atoms with Crippen LogP contribution in [0.4, 0.5) is 5.82 Å². The molecule has 1 aliphatic heterocycles. The van der Waals surface area contributed by atoms with E-state index < -0.39 is 0 Å². The Morgan fingerprint density at radius 3 is 2.81 bits per heavy atom. The van der Waals surface area contributed by atoms with Crippen LogP contribution in [-0.2, 0) is 5.75 Å². The van der Waals surface area contributed by atoms with E-state index in [9.17, 15) is 5.11 Å². The van der Waals surface area contributed by atoms with E-state index in [1.165, 1.54) is 15.3 Å². The summed E-state index contributed by atoms with van der Waals surface area (Å²) in [5.41, 5.74) is 1.27. The van der Waals surface area contributed by atoms with Crippen molar-refractivity contribution in [1.29, 1.82) is 0 Å². The Morgan fingerprint density at radius 1 is 1.23 bits per heavy atom. The lowest BCUT2D eigenvalue weighted by atomic mass is 10.1. The van der Waals surface area contributed by atoms with Crippen molar-refractivity contribution in [1.82, 2.24) is 9.97 Å². The molecule has 3 aromatic rings. The van der Waals surface area contributed by atoms with Gasteiger partial charge < -0.3 is 10.0 Å². The van der Waals surface area contributed by atoms with Crippen LogP contribution in [-0.4, -0.2) is 34.3 Å².